The van der Waals surface area contributed by atoms with Gasteiger partial charge in [0.05, 0.1) is 10.5 Å². The number of alkyl halides is 1. The van der Waals surface area contributed by atoms with Crippen LogP contribution in [0.25, 0.3) is 0 Å². The average molecular weight is 334 g/mol. The molecule has 0 aliphatic heterocycles. The van der Waals surface area contributed by atoms with E-state index in [1.54, 1.807) is 6.07 Å². The van der Waals surface area contributed by atoms with Crippen LogP contribution < -0.4 is 5.32 Å². The van der Waals surface area contributed by atoms with Gasteiger partial charge in [-0.3, -0.25) is 14.9 Å². The minimum atomic E-state index is -0.532. The van der Waals surface area contributed by atoms with Crippen molar-refractivity contribution in [1.29, 1.82) is 0 Å². The Balaban J connectivity index is 2.22. The first kappa shape index (κ1) is 13.3. The molecular formula is C11H10BrClN2O3. The van der Waals surface area contributed by atoms with E-state index in [4.69, 9.17) is 11.6 Å². The molecule has 0 saturated heterocycles. The second-order valence-corrected chi connectivity index (χ2v) is 5.51. The van der Waals surface area contributed by atoms with Gasteiger partial charge in [-0.25, -0.2) is 0 Å². The second kappa shape index (κ2) is 4.85. The zero-order chi connectivity index (χ0) is 13.3. The third kappa shape index (κ3) is 2.81. The molecule has 0 radical (unpaired) electrons. The number of non-ortho nitro benzene ring substituents is 1. The standard InChI is InChI=1S/C11H10BrClN2O3/c12-8-3-7(4-9(5-8)15(17)18)10(16)14-11(6-13)1-2-11/h3-5H,1-2,6H2,(H,14,16). The van der Waals surface area contributed by atoms with Crippen molar-refractivity contribution in [2.45, 2.75) is 18.4 Å². The molecule has 0 atom stereocenters. The van der Waals surface area contributed by atoms with Crippen molar-refractivity contribution in [1.82, 2.24) is 5.32 Å². The molecule has 1 aromatic carbocycles. The van der Waals surface area contributed by atoms with Crippen molar-refractivity contribution in [3.8, 4) is 0 Å². The number of rotatable bonds is 4. The van der Waals surface area contributed by atoms with Crippen LogP contribution in [0.2, 0.25) is 0 Å². The molecule has 2 rings (SSSR count). The molecule has 1 fully saturated rings. The quantitative estimate of drug-likeness (QED) is 0.523. The van der Waals surface area contributed by atoms with Crippen molar-refractivity contribution in [2.75, 3.05) is 5.88 Å². The van der Waals surface area contributed by atoms with Gasteiger partial charge in [-0.05, 0) is 18.9 Å². The number of carbonyl (C=O) groups is 1. The third-order valence-corrected chi connectivity index (χ3v) is 3.81. The molecule has 0 unspecified atom stereocenters. The highest BCUT2D eigenvalue weighted by molar-refractivity contribution is 9.10. The molecule has 1 saturated carbocycles. The summed E-state index contributed by atoms with van der Waals surface area (Å²) >= 11 is 8.92. The Morgan fingerprint density at radius 2 is 2.17 bits per heavy atom. The van der Waals surface area contributed by atoms with E-state index in [2.05, 4.69) is 21.2 Å². The summed E-state index contributed by atoms with van der Waals surface area (Å²) < 4.78 is 0.498. The first-order valence-electron chi connectivity index (χ1n) is 5.29. The van der Waals surface area contributed by atoms with Gasteiger partial charge in [-0.1, -0.05) is 15.9 Å². The number of nitrogens with zero attached hydrogens (tertiary/aromatic N) is 1. The van der Waals surface area contributed by atoms with Crippen LogP contribution in [0.5, 0.6) is 0 Å². The van der Waals surface area contributed by atoms with Crippen molar-refractivity contribution in [2.24, 2.45) is 0 Å². The lowest BCUT2D eigenvalue weighted by molar-refractivity contribution is -0.385. The first-order valence-corrected chi connectivity index (χ1v) is 6.62. The van der Waals surface area contributed by atoms with Gasteiger partial charge < -0.3 is 5.32 Å². The van der Waals surface area contributed by atoms with Crippen molar-refractivity contribution >= 4 is 39.1 Å². The van der Waals surface area contributed by atoms with E-state index < -0.39 is 4.92 Å². The van der Waals surface area contributed by atoms with E-state index in [-0.39, 0.29) is 22.7 Å². The minimum Gasteiger partial charge on any atom is -0.345 e. The molecule has 0 bridgehead atoms. The molecule has 5 nitrogen and oxygen atoms in total. The highest BCUT2D eigenvalue weighted by Crippen LogP contribution is 2.36. The van der Waals surface area contributed by atoms with Crippen molar-refractivity contribution in [3.05, 3.63) is 38.3 Å². The van der Waals surface area contributed by atoms with Crippen LogP contribution >= 0.6 is 27.5 Å². The van der Waals surface area contributed by atoms with E-state index in [1.807, 2.05) is 0 Å². The molecule has 1 aromatic rings. The molecule has 0 aromatic heterocycles. The zero-order valence-corrected chi connectivity index (χ0v) is 11.6. The van der Waals surface area contributed by atoms with E-state index in [0.717, 1.165) is 12.8 Å². The van der Waals surface area contributed by atoms with Gasteiger partial charge in [0.1, 0.15) is 0 Å². The first-order chi connectivity index (χ1) is 8.46. The molecule has 1 aliphatic rings. The number of carbonyl (C=O) groups excluding carboxylic acids is 1. The lowest BCUT2D eigenvalue weighted by Gasteiger charge is -2.13. The van der Waals surface area contributed by atoms with E-state index in [1.165, 1.54) is 12.1 Å². The molecule has 18 heavy (non-hydrogen) atoms. The summed E-state index contributed by atoms with van der Waals surface area (Å²) in [4.78, 5) is 22.2. The topological polar surface area (TPSA) is 72.2 Å². The number of nitro groups is 1. The van der Waals surface area contributed by atoms with Crippen LogP contribution in [0.15, 0.2) is 22.7 Å². The Hall–Kier alpha value is -1.14. The van der Waals surface area contributed by atoms with Crippen LogP contribution in [-0.4, -0.2) is 22.2 Å². The second-order valence-electron chi connectivity index (χ2n) is 4.32. The number of hydrogen-bond acceptors (Lipinski definition) is 3. The fourth-order valence-corrected chi connectivity index (χ4v) is 2.38. The Morgan fingerprint density at radius 1 is 1.50 bits per heavy atom. The van der Waals surface area contributed by atoms with Crippen LogP contribution in [0.3, 0.4) is 0 Å². The summed E-state index contributed by atoms with van der Waals surface area (Å²) in [6, 6.07) is 4.16. The lowest BCUT2D eigenvalue weighted by Crippen LogP contribution is -2.38. The molecular weight excluding hydrogens is 323 g/mol. The van der Waals surface area contributed by atoms with Gasteiger partial charge in [0.2, 0.25) is 0 Å². The molecule has 1 amide bonds. The maximum absolute atomic E-state index is 12.0. The van der Waals surface area contributed by atoms with E-state index >= 15 is 0 Å². The fraction of sp³-hybridized carbons (Fsp3) is 0.364. The molecule has 1 N–H and O–H groups in total. The van der Waals surface area contributed by atoms with Gasteiger partial charge in [-0.15, -0.1) is 11.6 Å². The van der Waals surface area contributed by atoms with E-state index in [9.17, 15) is 14.9 Å². The molecule has 1 aliphatic carbocycles. The maximum Gasteiger partial charge on any atom is 0.271 e. The Morgan fingerprint density at radius 3 is 2.67 bits per heavy atom. The number of nitrogens with one attached hydrogen (secondary N) is 1. The van der Waals surface area contributed by atoms with Crippen LogP contribution in [0, 0.1) is 10.1 Å². The normalized spacial score (nSPS) is 16.1. The monoisotopic (exact) mass is 332 g/mol. The van der Waals surface area contributed by atoms with Gasteiger partial charge >= 0.3 is 0 Å². The largest absolute Gasteiger partial charge is 0.345 e. The fourth-order valence-electron chi connectivity index (χ4n) is 1.57. The Labute approximate surface area is 117 Å². The minimum absolute atomic E-state index is 0.120. The summed E-state index contributed by atoms with van der Waals surface area (Å²) in [5.74, 6) is 0.0204. The SMILES string of the molecule is O=C(NC1(CCl)CC1)c1cc(Br)cc([N+](=O)[O-])c1. The Bertz CT molecular complexity index is 517. The smallest absolute Gasteiger partial charge is 0.271 e. The Kier molecular flexibility index (Phi) is 3.59. The van der Waals surface area contributed by atoms with Gasteiger partial charge in [-0.2, -0.15) is 0 Å². The summed E-state index contributed by atoms with van der Waals surface area (Å²) in [7, 11) is 0. The maximum atomic E-state index is 12.0. The predicted molar refractivity (Wildman–Crippen MR) is 70.9 cm³/mol. The van der Waals surface area contributed by atoms with Gasteiger partial charge in [0, 0.05) is 28.0 Å². The molecule has 96 valence electrons. The van der Waals surface area contributed by atoms with E-state index in [0.29, 0.717) is 10.4 Å². The molecule has 0 spiro atoms. The zero-order valence-electron chi connectivity index (χ0n) is 9.28. The van der Waals surface area contributed by atoms with Crippen LogP contribution in [-0.2, 0) is 0 Å². The number of benzene rings is 1. The van der Waals surface area contributed by atoms with Crippen molar-refractivity contribution in [3.63, 3.8) is 0 Å². The highest BCUT2D eigenvalue weighted by Gasteiger charge is 2.43. The van der Waals surface area contributed by atoms with Gasteiger partial charge in [0.15, 0.2) is 0 Å². The predicted octanol–water partition coefficient (Wildman–Crippen LogP) is 2.86. The molecule has 0 heterocycles. The lowest BCUT2D eigenvalue weighted by atomic mass is 10.1. The van der Waals surface area contributed by atoms with Crippen LogP contribution in [0.1, 0.15) is 23.2 Å². The van der Waals surface area contributed by atoms with Gasteiger partial charge in [0.25, 0.3) is 11.6 Å². The summed E-state index contributed by atoms with van der Waals surface area (Å²) in [6.07, 6.45) is 1.69. The van der Waals surface area contributed by atoms with Crippen molar-refractivity contribution < 1.29 is 9.72 Å². The number of hydrogen-bond donors (Lipinski definition) is 1. The third-order valence-electron chi connectivity index (χ3n) is 2.84. The summed E-state index contributed by atoms with van der Waals surface area (Å²) in [5.41, 5.74) is -0.187. The molecule has 7 heteroatoms. The summed E-state index contributed by atoms with van der Waals surface area (Å²) in [6.45, 7) is 0. The van der Waals surface area contributed by atoms with Crippen LogP contribution in [0.4, 0.5) is 5.69 Å². The number of amides is 1. The summed E-state index contributed by atoms with van der Waals surface area (Å²) in [5, 5.41) is 13.5. The number of halogens is 2. The highest BCUT2D eigenvalue weighted by atomic mass is 79.9. The average Bonchev–Trinajstić information content (AvgIpc) is 3.08. The number of nitro benzene ring substituents is 1.